The predicted molar refractivity (Wildman–Crippen MR) is 36.4 cm³/mol. The number of hydrogen-bond acceptors (Lipinski definition) is 4. The van der Waals surface area contributed by atoms with Crippen LogP contribution in [-0.4, -0.2) is 23.4 Å². The van der Waals surface area contributed by atoms with Crippen LogP contribution in [0.5, 0.6) is 0 Å². The summed E-state index contributed by atoms with van der Waals surface area (Å²) in [6.07, 6.45) is 0. The summed E-state index contributed by atoms with van der Waals surface area (Å²) in [4.78, 5) is 10.3. The molecule has 4 nitrogen and oxygen atoms in total. The van der Waals surface area contributed by atoms with Crippen molar-refractivity contribution in [1.82, 2.24) is 0 Å². The normalized spacial score (nSPS) is 8.22. The van der Waals surface area contributed by atoms with Gasteiger partial charge in [-0.05, 0) is 15.9 Å². The SMILES string of the molecule is COC(=O)C(=N)C(=N)Br. The Kier molecular flexibility index (Phi) is 3.08. The van der Waals surface area contributed by atoms with Crippen LogP contribution < -0.4 is 0 Å². The summed E-state index contributed by atoms with van der Waals surface area (Å²) in [6, 6.07) is 0. The Morgan fingerprint density at radius 3 is 2.11 bits per heavy atom. The first-order valence-electron chi connectivity index (χ1n) is 2.01. The zero-order valence-corrected chi connectivity index (χ0v) is 6.28. The Labute approximate surface area is 60.3 Å². The van der Waals surface area contributed by atoms with Gasteiger partial charge >= 0.3 is 5.97 Å². The summed E-state index contributed by atoms with van der Waals surface area (Å²) in [5, 5.41) is 13.5. The van der Waals surface area contributed by atoms with E-state index in [1.165, 1.54) is 0 Å². The van der Waals surface area contributed by atoms with Crippen molar-refractivity contribution < 1.29 is 9.53 Å². The highest BCUT2D eigenvalue weighted by Crippen LogP contribution is 1.89. The second kappa shape index (κ2) is 3.34. The average Bonchev–Trinajstić information content (AvgIpc) is 1.84. The molecule has 9 heavy (non-hydrogen) atoms. The number of carbonyl (C=O) groups is 1. The highest BCUT2D eigenvalue weighted by molar-refractivity contribution is 9.19. The molecular weight excluding hydrogens is 188 g/mol. The van der Waals surface area contributed by atoms with Crippen LogP contribution in [0.25, 0.3) is 0 Å². The lowest BCUT2D eigenvalue weighted by Crippen LogP contribution is -2.19. The summed E-state index contributed by atoms with van der Waals surface area (Å²) in [5.41, 5.74) is -0.475. The molecule has 0 radical (unpaired) electrons. The quantitative estimate of drug-likeness (QED) is 0.496. The first-order chi connectivity index (χ1) is 4.09. The van der Waals surface area contributed by atoms with Crippen LogP contribution in [0.2, 0.25) is 0 Å². The lowest BCUT2D eigenvalue weighted by molar-refractivity contribution is -0.132. The number of carbonyl (C=O) groups excluding carboxylic acids is 1. The van der Waals surface area contributed by atoms with E-state index in [0.717, 1.165) is 7.11 Å². The van der Waals surface area contributed by atoms with Gasteiger partial charge in [-0.2, -0.15) is 0 Å². The van der Waals surface area contributed by atoms with Crippen LogP contribution in [0.15, 0.2) is 0 Å². The Hall–Kier alpha value is -0.710. The molecule has 0 aromatic carbocycles. The Balaban J connectivity index is 4.05. The predicted octanol–water partition coefficient (Wildman–Crippen LogP) is 0.551. The van der Waals surface area contributed by atoms with Gasteiger partial charge in [0.15, 0.2) is 5.71 Å². The molecule has 50 valence electrons. The lowest BCUT2D eigenvalue weighted by Gasteiger charge is -1.94. The van der Waals surface area contributed by atoms with Gasteiger partial charge in [0.05, 0.1) is 7.11 Å². The highest BCUT2D eigenvalue weighted by Gasteiger charge is 2.11. The summed E-state index contributed by atoms with van der Waals surface area (Å²) >= 11 is 2.64. The number of methoxy groups -OCH3 is 1. The van der Waals surface area contributed by atoms with E-state index >= 15 is 0 Å². The van der Waals surface area contributed by atoms with E-state index in [2.05, 4.69) is 20.7 Å². The monoisotopic (exact) mass is 192 g/mol. The minimum Gasteiger partial charge on any atom is -0.464 e. The Morgan fingerprint density at radius 1 is 1.56 bits per heavy atom. The fourth-order valence-corrected chi connectivity index (χ4v) is 0.354. The minimum atomic E-state index is -0.808. The molecule has 0 saturated carbocycles. The van der Waals surface area contributed by atoms with Crippen LogP contribution >= 0.6 is 15.9 Å². The number of nitrogens with one attached hydrogen (secondary N) is 2. The molecule has 0 rings (SSSR count). The molecule has 0 bridgehead atoms. The Morgan fingerprint density at radius 2 is 2.00 bits per heavy atom. The standard InChI is InChI=1S/C4H5BrN2O2/c1-9-4(8)2(6)3(5)7/h6-7H,1H3. The van der Waals surface area contributed by atoms with Gasteiger partial charge in [-0.1, -0.05) is 0 Å². The zero-order chi connectivity index (χ0) is 7.44. The summed E-state index contributed by atoms with van der Waals surface area (Å²) in [5.74, 6) is -0.808. The second-order valence-corrected chi connectivity index (χ2v) is 1.97. The van der Waals surface area contributed by atoms with Crippen molar-refractivity contribution in [2.24, 2.45) is 0 Å². The van der Waals surface area contributed by atoms with Crippen molar-refractivity contribution in [1.29, 1.82) is 10.8 Å². The van der Waals surface area contributed by atoms with Gasteiger partial charge in [-0.25, -0.2) is 4.79 Å². The van der Waals surface area contributed by atoms with E-state index in [1.54, 1.807) is 0 Å². The van der Waals surface area contributed by atoms with Gasteiger partial charge in [0, 0.05) is 0 Å². The maximum absolute atomic E-state index is 10.3. The smallest absolute Gasteiger partial charge is 0.358 e. The molecule has 0 aliphatic rings. The summed E-state index contributed by atoms with van der Waals surface area (Å²) in [6.45, 7) is 0. The van der Waals surface area contributed by atoms with Gasteiger partial charge in [0.25, 0.3) is 0 Å². The molecule has 0 aliphatic carbocycles. The molecule has 2 N–H and O–H groups in total. The van der Waals surface area contributed by atoms with Crippen LogP contribution in [0, 0.1) is 10.8 Å². The number of halogens is 1. The molecule has 0 aromatic heterocycles. The van der Waals surface area contributed by atoms with Crippen molar-refractivity contribution in [2.75, 3.05) is 7.11 Å². The van der Waals surface area contributed by atoms with Crippen molar-refractivity contribution >= 4 is 32.2 Å². The van der Waals surface area contributed by atoms with E-state index < -0.39 is 11.7 Å². The molecule has 0 fully saturated rings. The number of rotatable bonds is 2. The topological polar surface area (TPSA) is 74.0 Å². The third-order valence-electron chi connectivity index (χ3n) is 0.609. The molecule has 0 aliphatic heterocycles. The Bertz CT molecular complexity index is 166. The largest absolute Gasteiger partial charge is 0.464 e. The average molecular weight is 193 g/mol. The van der Waals surface area contributed by atoms with Crippen molar-refractivity contribution in [3.05, 3.63) is 0 Å². The van der Waals surface area contributed by atoms with E-state index in [-0.39, 0.29) is 4.62 Å². The van der Waals surface area contributed by atoms with Crippen LogP contribution in [0.3, 0.4) is 0 Å². The molecule has 0 amide bonds. The van der Waals surface area contributed by atoms with Crippen molar-refractivity contribution in [2.45, 2.75) is 0 Å². The fraction of sp³-hybridized carbons (Fsp3) is 0.250. The molecule has 0 heterocycles. The van der Waals surface area contributed by atoms with Crippen LogP contribution in [0.4, 0.5) is 0 Å². The molecule has 0 aromatic rings. The highest BCUT2D eigenvalue weighted by atomic mass is 79.9. The van der Waals surface area contributed by atoms with E-state index in [9.17, 15) is 4.79 Å². The molecule has 5 heteroatoms. The van der Waals surface area contributed by atoms with Gasteiger partial charge in [-0.15, -0.1) is 0 Å². The second-order valence-electron chi connectivity index (χ2n) is 1.18. The van der Waals surface area contributed by atoms with Gasteiger partial charge in [0.1, 0.15) is 4.62 Å². The third kappa shape index (κ3) is 2.36. The molecular formula is C4H5BrN2O2. The van der Waals surface area contributed by atoms with Gasteiger partial charge in [-0.3, -0.25) is 10.8 Å². The van der Waals surface area contributed by atoms with Crippen LogP contribution in [0.1, 0.15) is 0 Å². The third-order valence-corrected chi connectivity index (χ3v) is 1.01. The molecule has 0 spiro atoms. The number of esters is 1. The van der Waals surface area contributed by atoms with Crippen molar-refractivity contribution in [3.8, 4) is 0 Å². The van der Waals surface area contributed by atoms with Gasteiger partial charge < -0.3 is 4.74 Å². The number of ether oxygens (including phenoxy) is 1. The first-order valence-corrected chi connectivity index (χ1v) is 2.80. The molecule has 0 saturated heterocycles. The molecule has 0 atom stereocenters. The first kappa shape index (κ1) is 8.29. The summed E-state index contributed by atoms with van der Waals surface area (Å²) in [7, 11) is 1.16. The van der Waals surface area contributed by atoms with E-state index in [0.29, 0.717) is 0 Å². The van der Waals surface area contributed by atoms with E-state index in [1.807, 2.05) is 0 Å². The lowest BCUT2D eigenvalue weighted by atomic mass is 10.4. The van der Waals surface area contributed by atoms with E-state index in [4.69, 9.17) is 10.8 Å². The summed E-state index contributed by atoms with van der Waals surface area (Å²) < 4.78 is 3.87. The zero-order valence-electron chi connectivity index (χ0n) is 4.69. The minimum absolute atomic E-state index is 0.269. The maximum atomic E-state index is 10.3. The fourth-order valence-electron chi connectivity index (χ4n) is 0.192. The number of hydrogen-bond donors (Lipinski definition) is 2. The molecule has 0 unspecified atom stereocenters. The van der Waals surface area contributed by atoms with Crippen molar-refractivity contribution in [3.63, 3.8) is 0 Å². The van der Waals surface area contributed by atoms with Crippen LogP contribution in [-0.2, 0) is 9.53 Å². The van der Waals surface area contributed by atoms with Gasteiger partial charge in [0.2, 0.25) is 0 Å². The maximum Gasteiger partial charge on any atom is 0.358 e.